The first-order valence-corrected chi connectivity index (χ1v) is 7.12. The quantitative estimate of drug-likeness (QED) is 0.887. The highest BCUT2D eigenvalue weighted by Gasteiger charge is 2.26. The molecule has 2 rings (SSSR count). The second-order valence-electron chi connectivity index (χ2n) is 5.26. The molecule has 110 valence electrons. The predicted molar refractivity (Wildman–Crippen MR) is 78.4 cm³/mol. The van der Waals surface area contributed by atoms with Crippen LogP contribution in [0.2, 0.25) is 5.02 Å². The van der Waals surface area contributed by atoms with Gasteiger partial charge in [0.15, 0.2) is 5.82 Å². The number of hydrogen-bond acceptors (Lipinski definition) is 5. The average molecular weight is 299 g/mol. The van der Waals surface area contributed by atoms with Gasteiger partial charge in [-0.15, -0.1) is 0 Å². The Morgan fingerprint density at radius 1 is 1.50 bits per heavy atom. The van der Waals surface area contributed by atoms with Crippen molar-refractivity contribution in [3.63, 3.8) is 0 Å². The van der Waals surface area contributed by atoms with E-state index >= 15 is 0 Å². The Labute approximate surface area is 123 Å². The van der Waals surface area contributed by atoms with E-state index in [0.717, 1.165) is 0 Å². The first-order valence-electron chi connectivity index (χ1n) is 6.74. The second kappa shape index (κ2) is 6.26. The summed E-state index contributed by atoms with van der Waals surface area (Å²) in [5, 5.41) is 12.6. The van der Waals surface area contributed by atoms with Gasteiger partial charge in [0.2, 0.25) is 5.95 Å². The van der Waals surface area contributed by atoms with E-state index in [1.807, 2.05) is 18.7 Å². The topological polar surface area (TPSA) is 78.4 Å². The van der Waals surface area contributed by atoms with E-state index in [0.29, 0.717) is 42.7 Å². The van der Waals surface area contributed by atoms with Crippen molar-refractivity contribution in [3.8, 4) is 0 Å². The Morgan fingerprint density at radius 2 is 2.15 bits per heavy atom. The van der Waals surface area contributed by atoms with E-state index in [1.165, 1.54) is 0 Å². The van der Waals surface area contributed by atoms with E-state index in [2.05, 4.69) is 15.3 Å². The van der Waals surface area contributed by atoms with Gasteiger partial charge in [-0.3, -0.25) is 4.79 Å². The first kappa shape index (κ1) is 14.8. The van der Waals surface area contributed by atoms with Gasteiger partial charge in [-0.25, -0.2) is 4.98 Å². The highest BCUT2D eigenvalue weighted by atomic mass is 35.5. The Morgan fingerprint density at radius 3 is 2.70 bits per heavy atom. The van der Waals surface area contributed by atoms with Gasteiger partial charge in [0.25, 0.3) is 0 Å². The van der Waals surface area contributed by atoms with Crippen LogP contribution in [0.5, 0.6) is 0 Å². The van der Waals surface area contributed by atoms with E-state index in [4.69, 9.17) is 16.7 Å². The van der Waals surface area contributed by atoms with Crippen molar-refractivity contribution in [2.24, 2.45) is 5.92 Å². The minimum atomic E-state index is -0.722. The number of nitrogens with one attached hydrogen (secondary N) is 1. The average Bonchev–Trinajstić information content (AvgIpc) is 2.40. The number of piperidine rings is 1. The number of nitrogens with zero attached hydrogens (tertiary/aromatic N) is 3. The summed E-state index contributed by atoms with van der Waals surface area (Å²) >= 11 is 6.15. The Kier molecular flexibility index (Phi) is 4.65. The minimum Gasteiger partial charge on any atom is -0.481 e. The van der Waals surface area contributed by atoms with Crippen LogP contribution in [0, 0.1) is 5.92 Å². The number of anilines is 2. The molecule has 1 saturated heterocycles. The van der Waals surface area contributed by atoms with Crippen LogP contribution in [0.3, 0.4) is 0 Å². The number of carboxylic acid groups (broad SMARTS) is 1. The summed E-state index contributed by atoms with van der Waals surface area (Å²) in [6.07, 6.45) is 2.81. The minimum absolute atomic E-state index is 0.238. The lowest BCUT2D eigenvalue weighted by Crippen LogP contribution is -2.37. The lowest BCUT2D eigenvalue weighted by Gasteiger charge is -2.31. The summed E-state index contributed by atoms with van der Waals surface area (Å²) in [6, 6.07) is 0.238. The maximum absolute atomic E-state index is 11.0. The van der Waals surface area contributed by atoms with Gasteiger partial charge in [-0.05, 0) is 26.7 Å². The Hall–Kier alpha value is -1.56. The van der Waals surface area contributed by atoms with E-state index in [9.17, 15) is 4.79 Å². The van der Waals surface area contributed by atoms with Crippen LogP contribution in [0.25, 0.3) is 0 Å². The lowest BCUT2D eigenvalue weighted by atomic mass is 9.97. The van der Waals surface area contributed by atoms with E-state index in [1.54, 1.807) is 6.20 Å². The third-order valence-electron chi connectivity index (χ3n) is 3.29. The summed E-state index contributed by atoms with van der Waals surface area (Å²) in [6.45, 7) is 5.32. The fourth-order valence-electron chi connectivity index (χ4n) is 2.25. The van der Waals surface area contributed by atoms with Crippen molar-refractivity contribution in [3.05, 3.63) is 11.2 Å². The molecule has 0 aliphatic carbocycles. The van der Waals surface area contributed by atoms with E-state index in [-0.39, 0.29) is 12.0 Å². The number of carbonyl (C=O) groups is 1. The molecule has 6 nitrogen and oxygen atoms in total. The zero-order valence-electron chi connectivity index (χ0n) is 11.6. The molecule has 0 unspecified atom stereocenters. The molecule has 2 heterocycles. The maximum Gasteiger partial charge on any atom is 0.306 e. The molecule has 1 fully saturated rings. The molecule has 2 N–H and O–H groups in total. The van der Waals surface area contributed by atoms with Crippen LogP contribution in [0.4, 0.5) is 11.8 Å². The van der Waals surface area contributed by atoms with Crippen LogP contribution >= 0.6 is 11.6 Å². The van der Waals surface area contributed by atoms with Gasteiger partial charge in [0, 0.05) is 19.1 Å². The zero-order valence-corrected chi connectivity index (χ0v) is 12.4. The summed E-state index contributed by atoms with van der Waals surface area (Å²) in [7, 11) is 0. The van der Waals surface area contributed by atoms with E-state index < -0.39 is 5.97 Å². The monoisotopic (exact) mass is 298 g/mol. The van der Waals surface area contributed by atoms with Crippen molar-refractivity contribution in [1.82, 2.24) is 9.97 Å². The van der Waals surface area contributed by atoms with Crippen LogP contribution in [-0.2, 0) is 4.79 Å². The van der Waals surface area contributed by atoms with Crippen molar-refractivity contribution < 1.29 is 9.90 Å². The molecule has 0 aromatic carbocycles. The zero-order chi connectivity index (χ0) is 14.7. The van der Waals surface area contributed by atoms with Crippen molar-refractivity contribution in [1.29, 1.82) is 0 Å². The number of aromatic nitrogens is 2. The summed E-state index contributed by atoms with van der Waals surface area (Å²) in [4.78, 5) is 21.6. The molecule has 0 spiro atoms. The molecular formula is C13H19ClN4O2. The molecule has 7 heteroatoms. The van der Waals surface area contributed by atoms with Gasteiger partial charge >= 0.3 is 5.97 Å². The van der Waals surface area contributed by atoms with Gasteiger partial charge < -0.3 is 15.3 Å². The number of rotatable bonds is 4. The van der Waals surface area contributed by atoms with Crippen LogP contribution in [0.1, 0.15) is 26.7 Å². The lowest BCUT2D eigenvalue weighted by molar-refractivity contribution is -0.142. The predicted octanol–water partition coefficient (Wildman–Crippen LogP) is 2.25. The first-order chi connectivity index (χ1) is 9.47. The van der Waals surface area contributed by atoms with Gasteiger partial charge in [0.1, 0.15) is 5.02 Å². The number of aliphatic carboxylic acids is 1. The Balaban J connectivity index is 2.10. The van der Waals surface area contributed by atoms with Gasteiger partial charge in [0.05, 0.1) is 12.1 Å². The Bertz CT molecular complexity index is 487. The van der Waals surface area contributed by atoms with Crippen LogP contribution in [-0.4, -0.2) is 40.2 Å². The molecule has 1 aromatic rings. The molecule has 0 bridgehead atoms. The van der Waals surface area contributed by atoms with Gasteiger partial charge in [-0.2, -0.15) is 4.98 Å². The van der Waals surface area contributed by atoms with Crippen molar-refractivity contribution >= 4 is 29.3 Å². The normalized spacial score (nSPS) is 16.5. The third kappa shape index (κ3) is 3.50. The highest BCUT2D eigenvalue weighted by Crippen LogP contribution is 2.28. The SMILES string of the molecule is CC(C)Nc1ncc(Cl)c(N2CCC(C(=O)O)CC2)n1. The molecular weight excluding hydrogens is 280 g/mol. The fourth-order valence-corrected chi connectivity index (χ4v) is 2.46. The third-order valence-corrected chi connectivity index (χ3v) is 3.55. The number of carboxylic acids is 1. The van der Waals surface area contributed by atoms with Crippen LogP contribution < -0.4 is 10.2 Å². The standard InChI is InChI=1S/C13H19ClN4O2/c1-8(2)16-13-15-7-10(14)11(17-13)18-5-3-9(4-6-18)12(19)20/h7-9H,3-6H2,1-2H3,(H,19,20)(H,15,16,17). The molecule has 20 heavy (non-hydrogen) atoms. The van der Waals surface area contributed by atoms with Gasteiger partial charge in [-0.1, -0.05) is 11.6 Å². The fraction of sp³-hybridized carbons (Fsp3) is 0.615. The molecule has 1 aliphatic rings. The molecule has 0 radical (unpaired) electrons. The molecule has 0 atom stereocenters. The van der Waals surface area contributed by atoms with Crippen molar-refractivity contribution in [2.45, 2.75) is 32.7 Å². The second-order valence-corrected chi connectivity index (χ2v) is 5.67. The van der Waals surface area contributed by atoms with Crippen molar-refractivity contribution in [2.75, 3.05) is 23.3 Å². The molecule has 0 amide bonds. The highest BCUT2D eigenvalue weighted by molar-refractivity contribution is 6.32. The smallest absolute Gasteiger partial charge is 0.306 e. The molecule has 1 aliphatic heterocycles. The largest absolute Gasteiger partial charge is 0.481 e. The maximum atomic E-state index is 11.0. The summed E-state index contributed by atoms with van der Waals surface area (Å²) in [5.74, 6) is 0.231. The summed E-state index contributed by atoms with van der Waals surface area (Å²) in [5.41, 5.74) is 0. The van der Waals surface area contributed by atoms with Crippen LogP contribution in [0.15, 0.2) is 6.20 Å². The number of hydrogen-bond donors (Lipinski definition) is 2. The molecule has 0 saturated carbocycles. The number of halogens is 1. The molecule has 1 aromatic heterocycles. The summed E-state index contributed by atoms with van der Waals surface area (Å²) < 4.78 is 0.